The van der Waals surface area contributed by atoms with E-state index in [-0.39, 0.29) is 5.54 Å². The molecule has 1 nitrogen and oxygen atoms in total. The van der Waals surface area contributed by atoms with Crippen molar-refractivity contribution in [1.29, 1.82) is 0 Å². The normalized spacial score (nSPS) is 18.2. The van der Waals surface area contributed by atoms with Crippen molar-refractivity contribution in [2.75, 3.05) is 6.26 Å². The van der Waals surface area contributed by atoms with Crippen LogP contribution in [0.3, 0.4) is 0 Å². The summed E-state index contributed by atoms with van der Waals surface area (Å²) >= 11 is 1.79. The molecule has 1 fully saturated rings. The number of hydrogen-bond donors (Lipinski definition) is 1. The third-order valence-corrected chi connectivity index (χ3v) is 3.71. The number of hydrogen-bond acceptors (Lipinski definition) is 2. The summed E-state index contributed by atoms with van der Waals surface area (Å²) in [5, 5.41) is 0. The highest BCUT2D eigenvalue weighted by atomic mass is 32.2. The van der Waals surface area contributed by atoms with Gasteiger partial charge in [0, 0.05) is 10.4 Å². The monoisotopic (exact) mass is 207 g/mol. The van der Waals surface area contributed by atoms with Crippen LogP contribution in [-0.4, -0.2) is 11.8 Å². The van der Waals surface area contributed by atoms with Gasteiger partial charge in [0.2, 0.25) is 0 Å². The molecule has 76 valence electrons. The lowest BCUT2D eigenvalue weighted by molar-refractivity contribution is 0.669. The van der Waals surface area contributed by atoms with Crippen LogP contribution in [0, 0.1) is 6.92 Å². The average molecular weight is 207 g/mol. The quantitative estimate of drug-likeness (QED) is 0.771. The standard InChI is InChI=1S/C12H17NS/c1-9-7-11(14-2)4-3-10(9)8-12(13)5-6-12/h3-4,7H,5-6,8,13H2,1-2H3. The Hall–Kier alpha value is -0.470. The second-order valence-corrected chi connectivity index (χ2v) is 5.21. The first-order valence-corrected chi connectivity index (χ1v) is 6.28. The lowest BCUT2D eigenvalue weighted by Gasteiger charge is -2.11. The molecule has 1 aromatic rings. The molecule has 0 spiro atoms. The van der Waals surface area contributed by atoms with Crippen molar-refractivity contribution >= 4 is 11.8 Å². The summed E-state index contributed by atoms with van der Waals surface area (Å²) in [5.41, 5.74) is 9.05. The van der Waals surface area contributed by atoms with Gasteiger partial charge in [0.05, 0.1) is 0 Å². The van der Waals surface area contributed by atoms with Crippen LogP contribution in [0.15, 0.2) is 23.1 Å². The molecule has 1 aromatic carbocycles. The minimum Gasteiger partial charge on any atom is -0.325 e. The Bertz CT molecular complexity index is 342. The van der Waals surface area contributed by atoms with Gasteiger partial charge in [-0.1, -0.05) is 6.07 Å². The van der Waals surface area contributed by atoms with Crippen LogP contribution in [0.1, 0.15) is 24.0 Å². The molecule has 2 heteroatoms. The van der Waals surface area contributed by atoms with E-state index in [0.29, 0.717) is 0 Å². The van der Waals surface area contributed by atoms with Crippen LogP contribution in [0.2, 0.25) is 0 Å². The van der Waals surface area contributed by atoms with E-state index in [1.54, 1.807) is 11.8 Å². The molecule has 0 aromatic heterocycles. The summed E-state index contributed by atoms with van der Waals surface area (Å²) in [4.78, 5) is 1.34. The molecule has 2 rings (SSSR count). The van der Waals surface area contributed by atoms with Gasteiger partial charge < -0.3 is 5.73 Å². The third-order valence-electron chi connectivity index (χ3n) is 2.98. The van der Waals surface area contributed by atoms with Crippen molar-refractivity contribution in [1.82, 2.24) is 0 Å². The van der Waals surface area contributed by atoms with Gasteiger partial charge in [-0.25, -0.2) is 0 Å². The Morgan fingerprint density at radius 3 is 2.64 bits per heavy atom. The summed E-state index contributed by atoms with van der Waals surface area (Å²) in [6.45, 7) is 2.18. The van der Waals surface area contributed by atoms with Crippen LogP contribution in [0.5, 0.6) is 0 Å². The van der Waals surface area contributed by atoms with Crippen molar-refractivity contribution in [2.45, 2.75) is 36.6 Å². The molecule has 0 unspecified atom stereocenters. The maximum absolute atomic E-state index is 6.11. The van der Waals surface area contributed by atoms with Crippen LogP contribution in [0.25, 0.3) is 0 Å². The molecule has 14 heavy (non-hydrogen) atoms. The van der Waals surface area contributed by atoms with Gasteiger partial charge in [-0.15, -0.1) is 11.8 Å². The Balaban J connectivity index is 2.17. The Labute approximate surface area is 90.1 Å². The predicted octanol–water partition coefficient (Wildman–Crippen LogP) is 2.75. The zero-order chi connectivity index (χ0) is 10.2. The van der Waals surface area contributed by atoms with E-state index in [4.69, 9.17) is 5.73 Å². The Morgan fingerprint density at radius 2 is 2.14 bits per heavy atom. The van der Waals surface area contributed by atoms with E-state index < -0.39 is 0 Å². The molecular weight excluding hydrogens is 190 g/mol. The van der Waals surface area contributed by atoms with Crippen molar-refractivity contribution in [2.24, 2.45) is 5.73 Å². The molecule has 2 N–H and O–H groups in total. The fraction of sp³-hybridized carbons (Fsp3) is 0.500. The molecule has 1 saturated carbocycles. The van der Waals surface area contributed by atoms with E-state index in [2.05, 4.69) is 31.4 Å². The number of nitrogens with two attached hydrogens (primary N) is 1. The molecular formula is C12H17NS. The molecule has 0 atom stereocenters. The van der Waals surface area contributed by atoms with Gasteiger partial charge in [0.25, 0.3) is 0 Å². The Morgan fingerprint density at radius 1 is 1.43 bits per heavy atom. The van der Waals surface area contributed by atoms with Crippen LogP contribution in [0.4, 0.5) is 0 Å². The zero-order valence-electron chi connectivity index (χ0n) is 8.84. The second-order valence-electron chi connectivity index (χ2n) is 4.33. The van der Waals surface area contributed by atoms with E-state index in [1.807, 2.05) is 0 Å². The number of thioether (sulfide) groups is 1. The Kier molecular flexibility index (Phi) is 2.58. The van der Waals surface area contributed by atoms with E-state index in [0.717, 1.165) is 6.42 Å². The third kappa shape index (κ3) is 2.12. The molecule has 0 heterocycles. The van der Waals surface area contributed by atoms with Crippen molar-refractivity contribution in [3.63, 3.8) is 0 Å². The SMILES string of the molecule is CSc1ccc(CC2(N)CC2)c(C)c1. The summed E-state index contributed by atoms with van der Waals surface area (Å²) in [7, 11) is 0. The maximum Gasteiger partial charge on any atom is 0.0196 e. The zero-order valence-corrected chi connectivity index (χ0v) is 9.66. The first-order valence-electron chi connectivity index (χ1n) is 5.05. The first-order chi connectivity index (χ1) is 6.63. The molecule has 0 radical (unpaired) electrons. The van der Waals surface area contributed by atoms with Gasteiger partial charge in [-0.2, -0.15) is 0 Å². The highest BCUT2D eigenvalue weighted by molar-refractivity contribution is 7.98. The predicted molar refractivity (Wildman–Crippen MR) is 62.8 cm³/mol. The summed E-state index contributed by atoms with van der Waals surface area (Å²) in [6.07, 6.45) is 5.54. The molecule has 0 bridgehead atoms. The van der Waals surface area contributed by atoms with Crippen LogP contribution < -0.4 is 5.73 Å². The van der Waals surface area contributed by atoms with Crippen LogP contribution >= 0.6 is 11.8 Å². The van der Waals surface area contributed by atoms with Gasteiger partial charge in [0.1, 0.15) is 0 Å². The van der Waals surface area contributed by atoms with E-state index >= 15 is 0 Å². The number of aryl methyl sites for hydroxylation is 1. The lowest BCUT2D eigenvalue weighted by atomic mass is 10.0. The van der Waals surface area contributed by atoms with Gasteiger partial charge >= 0.3 is 0 Å². The largest absolute Gasteiger partial charge is 0.325 e. The first kappa shape index (κ1) is 10.1. The van der Waals surface area contributed by atoms with Crippen molar-refractivity contribution < 1.29 is 0 Å². The van der Waals surface area contributed by atoms with Gasteiger partial charge in [-0.05, 0) is 55.7 Å². The van der Waals surface area contributed by atoms with Crippen molar-refractivity contribution in [3.8, 4) is 0 Å². The summed E-state index contributed by atoms with van der Waals surface area (Å²) in [6, 6.07) is 6.68. The van der Waals surface area contributed by atoms with Gasteiger partial charge in [-0.3, -0.25) is 0 Å². The number of benzene rings is 1. The minimum absolute atomic E-state index is 0.131. The highest BCUT2D eigenvalue weighted by Crippen LogP contribution is 2.36. The fourth-order valence-corrected chi connectivity index (χ4v) is 2.21. The second kappa shape index (κ2) is 3.59. The van der Waals surface area contributed by atoms with Gasteiger partial charge in [0.15, 0.2) is 0 Å². The summed E-state index contributed by atoms with van der Waals surface area (Å²) < 4.78 is 0. The summed E-state index contributed by atoms with van der Waals surface area (Å²) in [5.74, 6) is 0. The van der Waals surface area contributed by atoms with E-state index in [9.17, 15) is 0 Å². The lowest BCUT2D eigenvalue weighted by Crippen LogP contribution is -2.24. The topological polar surface area (TPSA) is 26.0 Å². The average Bonchev–Trinajstić information content (AvgIpc) is 2.88. The highest BCUT2D eigenvalue weighted by Gasteiger charge is 2.38. The molecule has 0 amide bonds. The molecule has 1 aliphatic rings. The van der Waals surface area contributed by atoms with Crippen molar-refractivity contribution in [3.05, 3.63) is 29.3 Å². The molecule has 1 aliphatic carbocycles. The van der Waals surface area contributed by atoms with Crippen LogP contribution in [-0.2, 0) is 6.42 Å². The maximum atomic E-state index is 6.11. The molecule has 0 aliphatic heterocycles. The van der Waals surface area contributed by atoms with E-state index in [1.165, 1.54) is 28.9 Å². The molecule has 0 saturated heterocycles. The number of rotatable bonds is 3. The smallest absolute Gasteiger partial charge is 0.0196 e. The minimum atomic E-state index is 0.131. The fourth-order valence-electron chi connectivity index (χ4n) is 1.71.